The highest BCUT2D eigenvalue weighted by atomic mass is 79.9. The van der Waals surface area contributed by atoms with Crippen LogP contribution in [0.15, 0.2) is 16.9 Å². The fourth-order valence-corrected chi connectivity index (χ4v) is 2.32. The smallest absolute Gasteiger partial charge is 0.272 e. The summed E-state index contributed by atoms with van der Waals surface area (Å²) in [5, 5.41) is 7.59. The van der Waals surface area contributed by atoms with Gasteiger partial charge in [0.05, 0.1) is 17.5 Å². The minimum absolute atomic E-state index is 0.00176. The maximum Gasteiger partial charge on any atom is 0.272 e. The second-order valence-electron chi connectivity index (χ2n) is 4.16. The van der Waals surface area contributed by atoms with Crippen molar-refractivity contribution in [1.29, 1.82) is 0 Å². The first kappa shape index (κ1) is 10.3. The molecule has 1 aliphatic heterocycles. The van der Waals surface area contributed by atoms with E-state index in [9.17, 15) is 4.79 Å². The summed E-state index contributed by atoms with van der Waals surface area (Å²) in [6.07, 6.45) is 0.0202. The Balaban J connectivity index is 1.88. The molecule has 1 amide bonds. The second-order valence-corrected chi connectivity index (χ2v) is 4.91. The van der Waals surface area contributed by atoms with E-state index in [-0.39, 0.29) is 24.8 Å². The van der Waals surface area contributed by atoms with Crippen molar-refractivity contribution in [3.8, 4) is 0 Å². The van der Waals surface area contributed by atoms with Crippen LogP contribution < -0.4 is 0 Å². The molecule has 7 heteroatoms. The Labute approximate surface area is 121 Å². The van der Waals surface area contributed by atoms with Crippen LogP contribution in [0.4, 0.5) is 0 Å². The zero-order chi connectivity index (χ0) is 15.0. The van der Waals surface area contributed by atoms with Gasteiger partial charge in [-0.3, -0.25) is 14.9 Å². The van der Waals surface area contributed by atoms with Crippen molar-refractivity contribution in [3.05, 3.63) is 22.6 Å². The first-order valence-electron chi connectivity index (χ1n) is 6.83. The van der Waals surface area contributed by atoms with E-state index in [1.807, 2.05) is 0 Å². The largest absolute Gasteiger partial charge is 0.380 e. The lowest BCUT2D eigenvalue weighted by Crippen LogP contribution is -2.33. The van der Waals surface area contributed by atoms with Crippen LogP contribution in [-0.2, 0) is 4.74 Å². The lowest BCUT2D eigenvalue weighted by molar-refractivity contribution is 0.0736. The summed E-state index contributed by atoms with van der Waals surface area (Å²) in [6.45, 7) is 0.669. The maximum atomic E-state index is 12.5. The highest BCUT2D eigenvalue weighted by Gasteiger charge is 2.19. The molecule has 0 aromatic carbocycles. The molecule has 3 heterocycles. The van der Waals surface area contributed by atoms with Gasteiger partial charge >= 0.3 is 0 Å². The van der Waals surface area contributed by atoms with Gasteiger partial charge in [0.25, 0.3) is 5.91 Å². The van der Waals surface area contributed by atoms with Crippen LogP contribution in [0.2, 0.25) is 0 Å². The summed E-state index contributed by atoms with van der Waals surface area (Å²) in [5.74, 6) is -0.308. The van der Waals surface area contributed by atoms with Crippen LogP contribution in [0, 0.1) is 0 Å². The minimum atomic E-state index is -1.55. The van der Waals surface area contributed by atoms with E-state index in [2.05, 4.69) is 31.1 Å². The van der Waals surface area contributed by atoms with E-state index < -0.39 is 6.37 Å². The molecule has 1 N–H and O–H groups in total. The van der Waals surface area contributed by atoms with Gasteiger partial charge in [-0.05, 0) is 28.4 Å². The Hall–Kier alpha value is -1.47. The number of nitrogens with one attached hydrogen (secondary N) is 1. The van der Waals surface area contributed by atoms with E-state index in [4.69, 9.17) is 7.48 Å². The highest BCUT2D eigenvalue weighted by Crippen LogP contribution is 2.20. The van der Waals surface area contributed by atoms with Crippen LogP contribution in [0.5, 0.6) is 0 Å². The third-order valence-electron chi connectivity index (χ3n) is 2.92. The third-order valence-corrected chi connectivity index (χ3v) is 3.52. The first-order valence-corrected chi connectivity index (χ1v) is 6.62. The van der Waals surface area contributed by atoms with Crippen LogP contribution in [0.3, 0.4) is 0 Å². The number of hydrogen-bond acceptors (Lipinski definition) is 4. The SMILES string of the molecule is [2H]C1([2H])COCCN(C(=O)c2cc3[nH]nc(Br)c3cn2)C1. The van der Waals surface area contributed by atoms with Crippen LogP contribution >= 0.6 is 15.9 Å². The van der Waals surface area contributed by atoms with E-state index in [1.165, 1.54) is 4.90 Å². The zero-order valence-electron chi connectivity index (χ0n) is 12.0. The molecule has 0 atom stereocenters. The fraction of sp³-hybridized carbons (Fsp3) is 0.417. The van der Waals surface area contributed by atoms with Gasteiger partial charge in [0.15, 0.2) is 0 Å². The minimum Gasteiger partial charge on any atom is -0.380 e. The number of ether oxygens (including phenoxy) is 1. The summed E-state index contributed by atoms with van der Waals surface area (Å²) in [4.78, 5) is 18.1. The standard InChI is InChI=1S/C12H13BrN4O2/c13-11-8-7-14-10(6-9(8)15-16-11)12(18)17-2-1-4-19-5-3-17/h6-7H,1-5H2,(H,15,16)/i1D2. The number of hydrogen-bond donors (Lipinski definition) is 1. The molecular weight excluding hydrogens is 312 g/mol. The van der Waals surface area contributed by atoms with Gasteiger partial charge in [-0.25, -0.2) is 0 Å². The predicted molar refractivity (Wildman–Crippen MR) is 72.9 cm³/mol. The Kier molecular flexibility index (Phi) is 2.86. The molecule has 6 nitrogen and oxygen atoms in total. The molecule has 0 unspecified atom stereocenters. The van der Waals surface area contributed by atoms with Gasteiger partial charge in [-0.1, -0.05) is 0 Å². The topological polar surface area (TPSA) is 71.1 Å². The summed E-state index contributed by atoms with van der Waals surface area (Å²) < 4.78 is 21.4. The number of amides is 1. The highest BCUT2D eigenvalue weighted by molar-refractivity contribution is 9.10. The van der Waals surface area contributed by atoms with Gasteiger partial charge in [0.1, 0.15) is 10.3 Å². The molecule has 1 aliphatic rings. The van der Waals surface area contributed by atoms with E-state index >= 15 is 0 Å². The molecule has 100 valence electrons. The molecular formula is C12H13BrN4O2. The summed E-state index contributed by atoms with van der Waals surface area (Å²) in [7, 11) is 0. The van der Waals surface area contributed by atoms with Crippen molar-refractivity contribution in [2.75, 3.05) is 26.3 Å². The molecule has 0 bridgehead atoms. The number of aromatic amines is 1. The van der Waals surface area contributed by atoms with Crippen molar-refractivity contribution >= 4 is 32.7 Å². The van der Waals surface area contributed by atoms with Crippen LogP contribution in [0.25, 0.3) is 10.9 Å². The third kappa shape index (κ3) is 2.48. The van der Waals surface area contributed by atoms with E-state index in [0.717, 1.165) is 5.39 Å². The number of carbonyl (C=O) groups excluding carboxylic acids is 1. The Morgan fingerprint density at radius 2 is 2.42 bits per heavy atom. The number of fused-ring (bicyclic) bond motifs is 1. The van der Waals surface area contributed by atoms with Gasteiger partial charge in [-0.15, -0.1) is 0 Å². The molecule has 1 fully saturated rings. The molecule has 0 radical (unpaired) electrons. The number of halogens is 1. The quantitative estimate of drug-likeness (QED) is 0.863. The van der Waals surface area contributed by atoms with Gasteiger partial charge in [-0.2, -0.15) is 5.10 Å². The number of nitrogens with zero attached hydrogens (tertiary/aromatic N) is 3. The number of rotatable bonds is 1. The van der Waals surface area contributed by atoms with E-state index in [0.29, 0.717) is 23.3 Å². The molecule has 0 aliphatic carbocycles. The monoisotopic (exact) mass is 326 g/mol. The summed E-state index contributed by atoms with van der Waals surface area (Å²) in [6, 6.07) is 1.62. The van der Waals surface area contributed by atoms with Gasteiger partial charge < -0.3 is 9.64 Å². The predicted octanol–water partition coefficient (Wildman–Crippen LogP) is 1.58. The van der Waals surface area contributed by atoms with Crippen molar-refractivity contribution in [3.63, 3.8) is 0 Å². The van der Waals surface area contributed by atoms with Crippen molar-refractivity contribution in [2.45, 2.75) is 6.37 Å². The van der Waals surface area contributed by atoms with Crippen molar-refractivity contribution in [1.82, 2.24) is 20.1 Å². The molecule has 0 spiro atoms. The van der Waals surface area contributed by atoms with Crippen molar-refractivity contribution < 1.29 is 12.3 Å². The molecule has 0 saturated carbocycles. The molecule has 2 aromatic heterocycles. The number of carbonyl (C=O) groups is 1. The normalized spacial score (nSPS) is 20.8. The number of aromatic nitrogens is 3. The van der Waals surface area contributed by atoms with Crippen LogP contribution in [-0.4, -0.2) is 52.3 Å². The molecule has 19 heavy (non-hydrogen) atoms. The summed E-state index contributed by atoms with van der Waals surface area (Å²) >= 11 is 3.29. The van der Waals surface area contributed by atoms with Crippen LogP contribution in [0.1, 0.15) is 19.6 Å². The Morgan fingerprint density at radius 3 is 3.32 bits per heavy atom. The maximum absolute atomic E-state index is 12.5. The second kappa shape index (κ2) is 5.26. The Morgan fingerprint density at radius 1 is 1.53 bits per heavy atom. The lowest BCUT2D eigenvalue weighted by atomic mass is 10.2. The first-order chi connectivity index (χ1) is 9.96. The molecule has 2 aromatic rings. The van der Waals surface area contributed by atoms with Crippen molar-refractivity contribution in [2.24, 2.45) is 0 Å². The number of H-pyrrole nitrogens is 1. The molecule has 3 rings (SSSR count). The average Bonchev–Trinajstić information content (AvgIpc) is 2.71. The lowest BCUT2D eigenvalue weighted by Gasteiger charge is -2.18. The summed E-state index contributed by atoms with van der Waals surface area (Å²) in [5.41, 5.74) is 0.964. The van der Waals surface area contributed by atoms with Gasteiger partial charge in [0, 0.05) is 28.6 Å². The Bertz CT molecular complexity index is 691. The number of pyridine rings is 1. The molecule has 1 saturated heterocycles. The van der Waals surface area contributed by atoms with Gasteiger partial charge in [0.2, 0.25) is 0 Å². The fourth-order valence-electron chi connectivity index (χ4n) is 1.91. The zero-order valence-corrected chi connectivity index (χ0v) is 11.6. The van der Waals surface area contributed by atoms with E-state index in [1.54, 1.807) is 12.3 Å². The average molecular weight is 327 g/mol.